The fourth-order valence-corrected chi connectivity index (χ4v) is 2.51. The highest BCUT2D eigenvalue weighted by Gasteiger charge is 2.12. The van der Waals surface area contributed by atoms with E-state index in [2.05, 4.69) is 4.90 Å². The Morgan fingerprint density at radius 3 is 2.50 bits per heavy atom. The van der Waals surface area contributed by atoms with Crippen molar-refractivity contribution in [2.45, 2.75) is 19.3 Å². The number of aliphatic carboxylic acids is 1. The molecule has 14 heavy (non-hydrogen) atoms. The Balaban J connectivity index is 2.12. The molecule has 82 valence electrons. The third-order valence-electron chi connectivity index (χ3n) is 2.37. The summed E-state index contributed by atoms with van der Waals surface area (Å²) in [7, 11) is -1.19. The summed E-state index contributed by atoms with van der Waals surface area (Å²) < 4.78 is 11.2. The largest absolute Gasteiger partial charge is 0.481 e. The van der Waals surface area contributed by atoms with Crippen molar-refractivity contribution < 1.29 is 14.1 Å². The van der Waals surface area contributed by atoms with Gasteiger partial charge in [-0.15, -0.1) is 0 Å². The van der Waals surface area contributed by atoms with E-state index in [0.29, 0.717) is 5.75 Å². The lowest BCUT2D eigenvalue weighted by atomic mass is 10.1. The molecule has 0 radical (unpaired) electrons. The molecule has 4 nitrogen and oxygen atoms in total. The lowest BCUT2D eigenvalue weighted by Gasteiger charge is -2.25. The fourth-order valence-electron chi connectivity index (χ4n) is 1.62. The van der Waals surface area contributed by atoms with Crippen molar-refractivity contribution in [3.05, 3.63) is 0 Å². The topological polar surface area (TPSA) is 57.6 Å². The molecular weight excluding hydrogens is 202 g/mol. The van der Waals surface area contributed by atoms with Gasteiger partial charge in [0.15, 0.2) is 0 Å². The van der Waals surface area contributed by atoms with Crippen molar-refractivity contribution in [1.82, 2.24) is 4.90 Å². The van der Waals surface area contributed by atoms with Gasteiger partial charge in [-0.1, -0.05) is 6.42 Å². The molecule has 5 heteroatoms. The van der Waals surface area contributed by atoms with E-state index in [-0.39, 0.29) is 5.75 Å². The zero-order chi connectivity index (χ0) is 10.4. The minimum Gasteiger partial charge on any atom is -0.481 e. The van der Waals surface area contributed by atoms with Crippen LogP contribution < -0.4 is 0 Å². The van der Waals surface area contributed by atoms with E-state index in [4.69, 9.17) is 5.11 Å². The summed E-state index contributed by atoms with van der Waals surface area (Å²) in [4.78, 5) is 12.5. The van der Waals surface area contributed by atoms with Crippen molar-refractivity contribution in [2.75, 3.05) is 31.1 Å². The van der Waals surface area contributed by atoms with E-state index in [9.17, 15) is 9.00 Å². The van der Waals surface area contributed by atoms with Gasteiger partial charge in [-0.25, -0.2) is 0 Å². The van der Waals surface area contributed by atoms with Gasteiger partial charge in [0.1, 0.15) is 5.75 Å². The summed E-state index contributed by atoms with van der Waals surface area (Å²) in [5.74, 6) is -0.692. The first-order chi connectivity index (χ1) is 6.68. The van der Waals surface area contributed by atoms with E-state index in [1.54, 1.807) is 0 Å². The van der Waals surface area contributed by atoms with Crippen LogP contribution in [-0.4, -0.2) is 51.3 Å². The van der Waals surface area contributed by atoms with E-state index in [1.807, 2.05) is 0 Å². The molecule has 0 bridgehead atoms. The lowest BCUT2D eigenvalue weighted by molar-refractivity contribution is -0.133. The maximum Gasteiger partial charge on any atom is 0.316 e. The molecule has 0 aliphatic carbocycles. The molecule has 1 fully saturated rings. The predicted octanol–water partition coefficient (Wildman–Crippen LogP) is 0.306. The van der Waals surface area contributed by atoms with Crippen LogP contribution in [0.25, 0.3) is 0 Å². The number of nitrogens with zero attached hydrogens (tertiary/aromatic N) is 1. The summed E-state index contributed by atoms with van der Waals surface area (Å²) in [5, 5.41) is 8.41. The molecule has 0 saturated carbocycles. The quantitative estimate of drug-likeness (QED) is 0.723. The van der Waals surface area contributed by atoms with Crippen LogP contribution in [0.4, 0.5) is 0 Å². The molecule has 1 heterocycles. The van der Waals surface area contributed by atoms with E-state index in [1.165, 1.54) is 19.3 Å². The van der Waals surface area contributed by atoms with Crippen LogP contribution in [0, 0.1) is 0 Å². The molecule has 1 rings (SSSR count). The number of piperidine rings is 1. The Bertz CT molecular complexity index is 214. The van der Waals surface area contributed by atoms with E-state index in [0.717, 1.165) is 19.6 Å². The van der Waals surface area contributed by atoms with Crippen LogP contribution in [0.2, 0.25) is 0 Å². The molecule has 0 amide bonds. The average Bonchev–Trinajstić information content (AvgIpc) is 2.15. The average molecular weight is 219 g/mol. The molecule has 0 aromatic rings. The summed E-state index contributed by atoms with van der Waals surface area (Å²) in [6.07, 6.45) is 3.71. The van der Waals surface area contributed by atoms with Crippen LogP contribution in [0.15, 0.2) is 0 Å². The summed E-state index contributed by atoms with van der Waals surface area (Å²) in [5.41, 5.74) is 0. The zero-order valence-corrected chi connectivity index (χ0v) is 9.09. The standard InChI is InChI=1S/C9H17NO3S/c11-9(12)8-14(13)7-6-10-4-2-1-3-5-10/h1-8H2,(H,11,12). The Kier molecular flexibility index (Phi) is 5.11. The van der Waals surface area contributed by atoms with E-state index < -0.39 is 16.8 Å². The molecule has 1 unspecified atom stereocenters. The minimum absolute atomic E-state index is 0.214. The van der Waals surface area contributed by atoms with Crippen LogP contribution in [0.1, 0.15) is 19.3 Å². The van der Waals surface area contributed by atoms with E-state index >= 15 is 0 Å². The summed E-state index contributed by atoms with van der Waals surface area (Å²) in [6.45, 7) is 2.93. The molecule has 1 atom stereocenters. The Morgan fingerprint density at radius 2 is 1.93 bits per heavy atom. The fraction of sp³-hybridized carbons (Fsp3) is 0.889. The zero-order valence-electron chi connectivity index (χ0n) is 8.28. The first kappa shape index (κ1) is 11.7. The molecular formula is C9H17NO3S. The molecule has 0 aromatic heterocycles. The van der Waals surface area contributed by atoms with Gasteiger partial charge < -0.3 is 10.0 Å². The number of carboxylic acid groups (broad SMARTS) is 1. The smallest absolute Gasteiger partial charge is 0.316 e. The molecule has 1 saturated heterocycles. The highest BCUT2D eigenvalue weighted by molar-refractivity contribution is 7.85. The molecule has 0 spiro atoms. The first-order valence-corrected chi connectivity index (χ1v) is 6.46. The number of carboxylic acids is 1. The lowest BCUT2D eigenvalue weighted by Crippen LogP contribution is -2.33. The van der Waals surface area contributed by atoms with Crippen LogP contribution in [0.3, 0.4) is 0 Å². The monoisotopic (exact) mass is 219 g/mol. The van der Waals surface area contributed by atoms with Crippen molar-refractivity contribution >= 4 is 16.8 Å². The van der Waals surface area contributed by atoms with Crippen LogP contribution in [-0.2, 0) is 15.6 Å². The van der Waals surface area contributed by atoms with Gasteiger partial charge in [0.2, 0.25) is 0 Å². The third-order valence-corrected chi connectivity index (χ3v) is 3.58. The molecule has 1 N–H and O–H groups in total. The second-order valence-corrected chi connectivity index (χ2v) is 5.16. The van der Waals surface area contributed by atoms with Gasteiger partial charge in [0.05, 0.1) is 0 Å². The Hall–Kier alpha value is -0.420. The Labute approximate surface area is 86.7 Å². The number of carbonyl (C=O) groups is 1. The van der Waals surface area contributed by atoms with Crippen molar-refractivity contribution in [3.63, 3.8) is 0 Å². The van der Waals surface area contributed by atoms with Crippen LogP contribution >= 0.6 is 0 Å². The molecule has 1 aliphatic heterocycles. The van der Waals surface area contributed by atoms with Gasteiger partial charge in [0.25, 0.3) is 0 Å². The van der Waals surface area contributed by atoms with Crippen LogP contribution in [0.5, 0.6) is 0 Å². The normalized spacial score (nSPS) is 20.6. The number of hydrogen-bond donors (Lipinski definition) is 1. The van der Waals surface area contributed by atoms with Gasteiger partial charge in [-0.3, -0.25) is 9.00 Å². The van der Waals surface area contributed by atoms with Gasteiger partial charge in [0, 0.05) is 23.1 Å². The second-order valence-electron chi connectivity index (χ2n) is 3.58. The number of likely N-dealkylation sites (tertiary alicyclic amines) is 1. The number of rotatable bonds is 5. The van der Waals surface area contributed by atoms with Crippen molar-refractivity contribution in [3.8, 4) is 0 Å². The maximum atomic E-state index is 11.2. The predicted molar refractivity (Wildman–Crippen MR) is 55.8 cm³/mol. The number of hydrogen-bond acceptors (Lipinski definition) is 3. The highest BCUT2D eigenvalue weighted by Crippen LogP contribution is 2.07. The second kappa shape index (κ2) is 6.14. The van der Waals surface area contributed by atoms with Gasteiger partial charge in [-0.2, -0.15) is 0 Å². The minimum atomic E-state index is -1.19. The Morgan fingerprint density at radius 1 is 1.29 bits per heavy atom. The van der Waals surface area contributed by atoms with Gasteiger partial charge in [-0.05, 0) is 25.9 Å². The van der Waals surface area contributed by atoms with Gasteiger partial charge >= 0.3 is 5.97 Å². The maximum absolute atomic E-state index is 11.2. The van der Waals surface area contributed by atoms with Crippen molar-refractivity contribution in [1.29, 1.82) is 0 Å². The SMILES string of the molecule is O=C(O)CS(=O)CCN1CCCCC1. The summed E-state index contributed by atoms with van der Waals surface area (Å²) >= 11 is 0. The highest BCUT2D eigenvalue weighted by atomic mass is 32.2. The summed E-state index contributed by atoms with van der Waals surface area (Å²) in [6, 6.07) is 0. The molecule has 0 aromatic carbocycles. The molecule has 1 aliphatic rings. The first-order valence-electron chi connectivity index (χ1n) is 4.97. The third kappa shape index (κ3) is 4.72. The van der Waals surface area contributed by atoms with Crippen molar-refractivity contribution in [2.24, 2.45) is 0 Å².